The standard InChI is InChI=1S/C8H8N2S.C3H8/c1-5-2-6-4-10-8(9)3-7(6)11-5;1-3-2/h2-4H,1H3,(H2,9,10);3H2,1-2H3. The average Bonchev–Trinajstić information content (AvgIpc) is 2.45. The lowest BCUT2D eigenvalue weighted by atomic mass is 10.3. The quantitative estimate of drug-likeness (QED) is 0.718. The molecule has 0 aromatic carbocycles. The molecule has 0 aliphatic carbocycles. The van der Waals surface area contributed by atoms with Crippen molar-refractivity contribution in [2.75, 3.05) is 5.73 Å². The highest BCUT2D eigenvalue weighted by Crippen LogP contribution is 2.24. The predicted octanol–water partition coefficient (Wildman–Crippen LogP) is 3.60. The van der Waals surface area contributed by atoms with Gasteiger partial charge in [-0.1, -0.05) is 20.3 Å². The van der Waals surface area contributed by atoms with Gasteiger partial charge in [0.05, 0.1) is 0 Å². The van der Waals surface area contributed by atoms with Crippen LogP contribution in [0.15, 0.2) is 18.3 Å². The first kappa shape index (κ1) is 11.0. The molecule has 2 heterocycles. The summed E-state index contributed by atoms with van der Waals surface area (Å²) in [4.78, 5) is 5.30. The Bertz CT molecular complexity index is 407. The number of hydrogen-bond acceptors (Lipinski definition) is 3. The summed E-state index contributed by atoms with van der Waals surface area (Å²) in [5.74, 6) is 0.597. The van der Waals surface area contributed by atoms with Crippen molar-refractivity contribution in [1.29, 1.82) is 0 Å². The fourth-order valence-electron chi connectivity index (χ4n) is 1.08. The van der Waals surface area contributed by atoms with Gasteiger partial charge in [0.15, 0.2) is 0 Å². The largest absolute Gasteiger partial charge is 0.384 e. The van der Waals surface area contributed by atoms with Crippen LogP contribution in [0.1, 0.15) is 25.1 Å². The monoisotopic (exact) mass is 208 g/mol. The highest BCUT2D eigenvalue weighted by molar-refractivity contribution is 7.19. The minimum atomic E-state index is 0.597. The highest BCUT2D eigenvalue weighted by atomic mass is 32.1. The number of nitrogen functional groups attached to an aromatic ring is 1. The van der Waals surface area contributed by atoms with Crippen LogP contribution in [-0.4, -0.2) is 4.98 Å². The van der Waals surface area contributed by atoms with Crippen LogP contribution in [0.25, 0.3) is 10.1 Å². The number of fused-ring (bicyclic) bond motifs is 1. The molecule has 0 amide bonds. The molecule has 2 aromatic heterocycles. The van der Waals surface area contributed by atoms with Crippen molar-refractivity contribution < 1.29 is 0 Å². The predicted molar refractivity (Wildman–Crippen MR) is 64.7 cm³/mol. The first-order valence-electron chi connectivity index (χ1n) is 4.79. The molecule has 14 heavy (non-hydrogen) atoms. The molecule has 0 saturated heterocycles. The zero-order valence-corrected chi connectivity index (χ0v) is 9.69. The first-order chi connectivity index (χ1) is 6.67. The van der Waals surface area contributed by atoms with Crippen LogP contribution in [-0.2, 0) is 0 Å². The number of nitrogens with zero attached hydrogens (tertiary/aromatic N) is 1. The van der Waals surface area contributed by atoms with E-state index in [-0.39, 0.29) is 0 Å². The fourth-order valence-corrected chi connectivity index (χ4v) is 2.02. The molecule has 0 aliphatic rings. The Morgan fingerprint density at radius 2 is 2.00 bits per heavy atom. The van der Waals surface area contributed by atoms with Crippen molar-refractivity contribution in [2.45, 2.75) is 27.2 Å². The number of pyridine rings is 1. The fraction of sp³-hybridized carbons (Fsp3) is 0.364. The van der Waals surface area contributed by atoms with Gasteiger partial charge >= 0.3 is 0 Å². The summed E-state index contributed by atoms with van der Waals surface area (Å²) in [6.45, 7) is 6.33. The number of anilines is 1. The number of hydrogen-bond donors (Lipinski definition) is 1. The number of nitrogens with two attached hydrogens (primary N) is 1. The molecule has 2 aromatic rings. The van der Waals surface area contributed by atoms with E-state index in [9.17, 15) is 0 Å². The van der Waals surface area contributed by atoms with Crippen molar-refractivity contribution in [3.63, 3.8) is 0 Å². The summed E-state index contributed by atoms with van der Waals surface area (Å²) < 4.78 is 1.22. The van der Waals surface area contributed by atoms with Crippen molar-refractivity contribution >= 4 is 27.2 Å². The van der Waals surface area contributed by atoms with Gasteiger partial charge in [0.2, 0.25) is 0 Å². The summed E-state index contributed by atoms with van der Waals surface area (Å²) in [6.07, 6.45) is 3.06. The van der Waals surface area contributed by atoms with Crippen LogP contribution < -0.4 is 5.73 Å². The molecular formula is C11H16N2S. The smallest absolute Gasteiger partial charge is 0.124 e. The van der Waals surface area contributed by atoms with Gasteiger partial charge in [0.1, 0.15) is 5.82 Å². The van der Waals surface area contributed by atoms with Gasteiger partial charge < -0.3 is 5.73 Å². The summed E-state index contributed by atoms with van der Waals surface area (Å²) in [5, 5.41) is 1.18. The maximum absolute atomic E-state index is 5.53. The summed E-state index contributed by atoms with van der Waals surface area (Å²) >= 11 is 1.75. The molecular weight excluding hydrogens is 192 g/mol. The van der Waals surface area contributed by atoms with E-state index in [1.54, 1.807) is 11.3 Å². The molecule has 0 aliphatic heterocycles. The Morgan fingerprint density at radius 3 is 2.64 bits per heavy atom. The van der Waals surface area contributed by atoms with E-state index < -0.39 is 0 Å². The van der Waals surface area contributed by atoms with Gasteiger partial charge in [-0.3, -0.25) is 0 Å². The molecule has 0 saturated carbocycles. The zero-order chi connectivity index (χ0) is 10.6. The van der Waals surface area contributed by atoms with Gasteiger partial charge in [-0.25, -0.2) is 4.98 Å². The van der Waals surface area contributed by atoms with E-state index in [0.717, 1.165) is 0 Å². The Kier molecular flexibility index (Phi) is 3.89. The van der Waals surface area contributed by atoms with Crippen LogP contribution >= 0.6 is 11.3 Å². The molecule has 2 nitrogen and oxygen atoms in total. The zero-order valence-electron chi connectivity index (χ0n) is 8.87. The second kappa shape index (κ2) is 4.96. The third kappa shape index (κ3) is 2.70. The van der Waals surface area contributed by atoms with Gasteiger partial charge in [-0.2, -0.15) is 0 Å². The maximum atomic E-state index is 5.53. The molecule has 0 bridgehead atoms. The van der Waals surface area contributed by atoms with Gasteiger partial charge in [-0.15, -0.1) is 11.3 Å². The molecule has 2 rings (SSSR count). The number of rotatable bonds is 0. The van der Waals surface area contributed by atoms with Crippen LogP contribution in [0.3, 0.4) is 0 Å². The SMILES string of the molecule is CCC.Cc1cc2cnc(N)cc2s1. The van der Waals surface area contributed by atoms with E-state index in [4.69, 9.17) is 5.73 Å². The van der Waals surface area contributed by atoms with E-state index in [1.165, 1.54) is 21.4 Å². The molecule has 0 atom stereocenters. The number of aryl methyl sites for hydroxylation is 1. The Labute approximate surface area is 88.8 Å². The van der Waals surface area contributed by atoms with Gasteiger partial charge in [0, 0.05) is 21.2 Å². The summed E-state index contributed by atoms with van der Waals surface area (Å²) in [7, 11) is 0. The highest BCUT2D eigenvalue weighted by Gasteiger charge is 1.97. The second-order valence-electron chi connectivity index (χ2n) is 3.21. The first-order valence-corrected chi connectivity index (χ1v) is 5.60. The maximum Gasteiger partial charge on any atom is 0.124 e. The lowest BCUT2D eigenvalue weighted by Gasteiger charge is -1.89. The Balaban J connectivity index is 0.000000293. The van der Waals surface area contributed by atoms with Crippen LogP contribution in [0.2, 0.25) is 0 Å². The van der Waals surface area contributed by atoms with E-state index in [1.807, 2.05) is 12.3 Å². The van der Waals surface area contributed by atoms with Crippen molar-refractivity contribution in [2.24, 2.45) is 0 Å². The van der Waals surface area contributed by atoms with E-state index >= 15 is 0 Å². The number of thiophene rings is 1. The third-order valence-electron chi connectivity index (χ3n) is 1.55. The molecule has 2 N–H and O–H groups in total. The summed E-state index contributed by atoms with van der Waals surface area (Å²) in [5.41, 5.74) is 5.53. The van der Waals surface area contributed by atoms with Crippen LogP contribution in [0, 0.1) is 6.92 Å². The van der Waals surface area contributed by atoms with Crippen LogP contribution in [0.5, 0.6) is 0 Å². The van der Waals surface area contributed by atoms with Gasteiger partial charge in [-0.05, 0) is 19.1 Å². The molecule has 0 fully saturated rings. The Hall–Kier alpha value is -1.09. The van der Waals surface area contributed by atoms with Crippen molar-refractivity contribution in [3.8, 4) is 0 Å². The molecule has 0 spiro atoms. The van der Waals surface area contributed by atoms with Crippen molar-refractivity contribution in [1.82, 2.24) is 4.98 Å². The average molecular weight is 208 g/mol. The minimum absolute atomic E-state index is 0.597. The molecule has 0 unspecified atom stereocenters. The van der Waals surface area contributed by atoms with E-state index in [2.05, 4.69) is 31.8 Å². The normalized spacial score (nSPS) is 9.64. The second-order valence-corrected chi connectivity index (χ2v) is 4.50. The lowest BCUT2D eigenvalue weighted by Crippen LogP contribution is -1.86. The van der Waals surface area contributed by atoms with Crippen molar-refractivity contribution in [3.05, 3.63) is 23.2 Å². The molecule has 76 valence electrons. The van der Waals surface area contributed by atoms with Crippen LogP contribution in [0.4, 0.5) is 5.82 Å². The minimum Gasteiger partial charge on any atom is -0.384 e. The third-order valence-corrected chi connectivity index (χ3v) is 2.56. The summed E-state index contributed by atoms with van der Waals surface area (Å²) in [6, 6.07) is 4.03. The number of aromatic nitrogens is 1. The van der Waals surface area contributed by atoms with E-state index in [0.29, 0.717) is 5.82 Å². The lowest BCUT2D eigenvalue weighted by molar-refractivity contribution is 1.09. The topological polar surface area (TPSA) is 38.9 Å². The molecule has 3 heteroatoms. The molecule has 0 radical (unpaired) electrons. The van der Waals surface area contributed by atoms with Gasteiger partial charge in [0.25, 0.3) is 0 Å². The Morgan fingerprint density at radius 1 is 1.36 bits per heavy atom.